The number of amides is 2. The fourth-order valence-electron chi connectivity index (χ4n) is 4.69. The summed E-state index contributed by atoms with van der Waals surface area (Å²) in [6.45, 7) is 2.86. The molecule has 0 radical (unpaired) electrons. The van der Waals surface area contributed by atoms with E-state index in [-0.39, 0.29) is 11.3 Å². The van der Waals surface area contributed by atoms with E-state index in [1.165, 1.54) is 26.0 Å². The van der Waals surface area contributed by atoms with Crippen molar-refractivity contribution in [2.75, 3.05) is 4.90 Å². The van der Waals surface area contributed by atoms with E-state index in [0.717, 1.165) is 12.1 Å². The molecule has 3 aliphatic heterocycles. The molecule has 1 aromatic rings. The van der Waals surface area contributed by atoms with E-state index in [4.69, 9.17) is 10.00 Å². The minimum Gasteiger partial charge on any atom is -0.478 e. The van der Waals surface area contributed by atoms with Gasteiger partial charge >= 0.3 is 12.1 Å². The van der Waals surface area contributed by atoms with Crippen LogP contribution in [-0.4, -0.2) is 34.1 Å². The Morgan fingerprint density at radius 3 is 2.41 bits per heavy atom. The lowest BCUT2D eigenvalue weighted by Crippen LogP contribution is -2.43. The number of carbonyl (C=O) groups is 3. The first-order valence-electron chi connectivity index (χ1n) is 8.51. The molecule has 3 unspecified atom stereocenters. The molecule has 1 N–H and O–H groups in total. The third kappa shape index (κ3) is 2.31. The molecule has 10 heteroatoms. The molecular formula is C19H13F3N2O5. The number of hydrogen-bond donors (Lipinski definition) is 1. The van der Waals surface area contributed by atoms with E-state index in [1.54, 1.807) is 0 Å². The van der Waals surface area contributed by atoms with Gasteiger partial charge in [0.2, 0.25) is 11.8 Å². The van der Waals surface area contributed by atoms with E-state index in [0.29, 0.717) is 11.0 Å². The second-order valence-electron chi connectivity index (χ2n) is 7.56. The fourth-order valence-corrected chi connectivity index (χ4v) is 4.69. The number of carbonyl (C=O) groups excluding carboxylic acids is 2. The van der Waals surface area contributed by atoms with Crippen LogP contribution in [0.3, 0.4) is 0 Å². The molecule has 3 heterocycles. The molecule has 7 nitrogen and oxygen atoms in total. The highest BCUT2D eigenvalue weighted by Crippen LogP contribution is 2.60. The van der Waals surface area contributed by atoms with Gasteiger partial charge in [-0.25, -0.2) is 9.69 Å². The molecule has 1 aromatic carbocycles. The number of carboxylic acid groups (broad SMARTS) is 1. The van der Waals surface area contributed by atoms with Crippen molar-refractivity contribution in [2.45, 2.75) is 31.2 Å². The van der Waals surface area contributed by atoms with Crippen LogP contribution in [0.25, 0.3) is 0 Å². The molecule has 0 spiro atoms. The molecule has 2 bridgehead atoms. The molecule has 0 saturated carbocycles. The number of imide groups is 1. The number of fused-ring (bicyclic) bond motifs is 5. The summed E-state index contributed by atoms with van der Waals surface area (Å²) in [5.41, 5.74) is -5.35. The average Bonchev–Trinajstić information content (AvgIpc) is 3.15. The van der Waals surface area contributed by atoms with Crippen LogP contribution in [0.15, 0.2) is 29.8 Å². The fraction of sp³-hybridized carbons (Fsp3) is 0.368. The summed E-state index contributed by atoms with van der Waals surface area (Å²) in [5, 5.41) is 18.4. The zero-order valence-corrected chi connectivity index (χ0v) is 15.1. The van der Waals surface area contributed by atoms with Crippen LogP contribution in [0, 0.1) is 23.2 Å². The minimum absolute atomic E-state index is 0.167. The number of halogens is 3. The van der Waals surface area contributed by atoms with Crippen molar-refractivity contribution < 1.29 is 37.4 Å². The Morgan fingerprint density at radius 2 is 1.86 bits per heavy atom. The lowest BCUT2D eigenvalue weighted by molar-refractivity contribution is -0.139. The quantitative estimate of drug-likeness (QED) is 0.755. The second kappa shape index (κ2) is 5.45. The smallest absolute Gasteiger partial charge is 0.417 e. The van der Waals surface area contributed by atoms with Crippen LogP contribution >= 0.6 is 0 Å². The van der Waals surface area contributed by atoms with Gasteiger partial charge in [0.15, 0.2) is 0 Å². The number of anilines is 1. The van der Waals surface area contributed by atoms with Gasteiger partial charge in [-0.1, -0.05) is 0 Å². The Bertz CT molecular complexity index is 1070. The van der Waals surface area contributed by atoms with Crippen molar-refractivity contribution in [3.8, 4) is 6.07 Å². The number of aliphatic carboxylic acids is 1. The van der Waals surface area contributed by atoms with Gasteiger partial charge in [0, 0.05) is 0 Å². The number of nitrogens with zero attached hydrogens (tertiary/aromatic N) is 2. The van der Waals surface area contributed by atoms with Gasteiger partial charge in [0.05, 0.1) is 45.9 Å². The van der Waals surface area contributed by atoms with Gasteiger partial charge in [-0.3, -0.25) is 9.59 Å². The molecule has 4 rings (SSSR count). The maximum Gasteiger partial charge on any atom is 0.417 e. The molecule has 2 amide bonds. The predicted octanol–water partition coefficient (Wildman–Crippen LogP) is 2.25. The number of alkyl halides is 3. The Kier molecular flexibility index (Phi) is 3.60. The number of carboxylic acids is 1. The average molecular weight is 406 g/mol. The normalized spacial score (nSPS) is 33.0. The zero-order chi connectivity index (χ0) is 21.5. The van der Waals surface area contributed by atoms with Crippen LogP contribution in [0.5, 0.6) is 0 Å². The van der Waals surface area contributed by atoms with Crippen molar-refractivity contribution in [2.24, 2.45) is 11.8 Å². The maximum absolute atomic E-state index is 13.3. The Labute approximate surface area is 162 Å². The van der Waals surface area contributed by atoms with Crippen molar-refractivity contribution >= 4 is 23.5 Å². The van der Waals surface area contributed by atoms with Crippen molar-refractivity contribution in [3.63, 3.8) is 0 Å². The molecular weight excluding hydrogens is 393 g/mol. The molecule has 29 heavy (non-hydrogen) atoms. The Hall–Kier alpha value is -3.19. The summed E-state index contributed by atoms with van der Waals surface area (Å²) in [6, 6.07) is 3.99. The molecule has 150 valence electrons. The van der Waals surface area contributed by atoms with Gasteiger partial charge in [-0.15, -0.1) is 0 Å². The first-order valence-corrected chi connectivity index (χ1v) is 8.51. The van der Waals surface area contributed by atoms with Gasteiger partial charge < -0.3 is 9.84 Å². The Morgan fingerprint density at radius 1 is 1.24 bits per heavy atom. The monoisotopic (exact) mass is 406 g/mol. The van der Waals surface area contributed by atoms with Crippen LogP contribution in [0.2, 0.25) is 0 Å². The number of rotatable bonds is 2. The van der Waals surface area contributed by atoms with Gasteiger partial charge in [-0.05, 0) is 38.1 Å². The summed E-state index contributed by atoms with van der Waals surface area (Å²) in [7, 11) is 0. The largest absolute Gasteiger partial charge is 0.478 e. The van der Waals surface area contributed by atoms with E-state index in [9.17, 15) is 32.7 Å². The highest BCUT2D eigenvalue weighted by Gasteiger charge is 2.74. The van der Waals surface area contributed by atoms with Gasteiger partial charge in [0.25, 0.3) is 0 Å². The van der Waals surface area contributed by atoms with Crippen molar-refractivity contribution in [1.82, 2.24) is 0 Å². The lowest BCUT2D eigenvalue weighted by Gasteiger charge is -2.27. The van der Waals surface area contributed by atoms with Gasteiger partial charge in [0.1, 0.15) is 5.60 Å². The predicted molar refractivity (Wildman–Crippen MR) is 89.2 cm³/mol. The summed E-state index contributed by atoms with van der Waals surface area (Å²) >= 11 is 0. The summed E-state index contributed by atoms with van der Waals surface area (Å²) in [4.78, 5) is 38.3. The van der Waals surface area contributed by atoms with Gasteiger partial charge in [-0.2, -0.15) is 18.4 Å². The summed E-state index contributed by atoms with van der Waals surface area (Å²) in [6.07, 6.45) is -3.58. The highest BCUT2D eigenvalue weighted by atomic mass is 19.4. The van der Waals surface area contributed by atoms with Crippen LogP contribution in [0.4, 0.5) is 18.9 Å². The van der Waals surface area contributed by atoms with Crippen LogP contribution in [-0.2, 0) is 25.3 Å². The number of benzene rings is 1. The third-order valence-corrected chi connectivity index (χ3v) is 5.83. The summed E-state index contributed by atoms with van der Waals surface area (Å²) < 4.78 is 45.6. The lowest BCUT2D eigenvalue weighted by atomic mass is 9.69. The maximum atomic E-state index is 13.3. The third-order valence-electron chi connectivity index (χ3n) is 5.83. The minimum atomic E-state index is -4.86. The molecule has 4 atom stereocenters. The zero-order valence-electron chi connectivity index (χ0n) is 15.1. The molecule has 2 saturated heterocycles. The molecule has 0 aliphatic carbocycles. The number of ether oxygens (including phenoxy) is 1. The van der Waals surface area contributed by atoms with Crippen molar-refractivity contribution in [3.05, 3.63) is 41.0 Å². The van der Waals surface area contributed by atoms with Crippen molar-refractivity contribution in [1.29, 1.82) is 5.26 Å². The molecule has 3 aliphatic rings. The molecule has 0 aromatic heterocycles. The first kappa shape index (κ1) is 19.1. The molecule has 2 fully saturated rings. The highest BCUT2D eigenvalue weighted by molar-refractivity contribution is 6.24. The van der Waals surface area contributed by atoms with E-state index in [2.05, 4.69) is 0 Å². The Balaban J connectivity index is 1.82. The van der Waals surface area contributed by atoms with E-state index < -0.39 is 58.1 Å². The number of nitriles is 1. The topological polar surface area (TPSA) is 108 Å². The second-order valence-corrected chi connectivity index (χ2v) is 7.56. The standard InChI is InChI=1S/C19H13F3N2O5/c1-17-6-11(16(27)28)18(2,29-17)13-12(17)14(25)24(15(13)26)9-4-3-8(7-23)10(5-9)19(20,21)22/h3-6,12-13H,1-2H3,(H,27,28)/t12-,13?,17?,18?/m1/s1. The number of hydrogen-bond acceptors (Lipinski definition) is 5. The van der Waals surface area contributed by atoms with E-state index >= 15 is 0 Å². The summed E-state index contributed by atoms with van der Waals surface area (Å²) in [5.74, 6) is -5.15. The van der Waals surface area contributed by atoms with Crippen LogP contribution in [0.1, 0.15) is 25.0 Å². The SMILES string of the molecule is CC12OC(C)(C=C1C(=O)O)[C@H]1C(=O)N(c3ccc(C#N)c(C(F)(F)F)c3)C(=O)C12. The van der Waals surface area contributed by atoms with E-state index in [1.807, 2.05) is 0 Å². The van der Waals surface area contributed by atoms with Crippen LogP contribution < -0.4 is 4.90 Å². The first-order chi connectivity index (χ1) is 13.3.